The summed E-state index contributed by atoms with van der Waals surface area (Å²) in [5, 5.41) is 0. The molecule has 0 bridgehead atoms. The molecule has 0 aliphatic carbocycles. The van der Waals surface area contributed by atoms with E-state index in [0.29, 0.717) is 6.42 Å². The lowest BCUT2D eigenvalue weighted by molar-refractivity contribution is -0.131. The topological polar surface area (TPSA) is 46.3 Å². The number of hydrogen-bond acceptors (Lipinski definition) is 2. The van der Waals surface area contributed by atoms with Crippen LogP contribution < -0.4 is 5.73 Å². The second kappa shape index (κ2) is 7.80. The van der Waals surface area contributed by atoms with Crippen molar-refractivity contribution in [3.05, 3.63) is 0 Å². The molecule has 3 nitrogen and oxygen atoms in total. The first-order valence-corrected chi connectivity index (χ1v) is 5.68. The van der Waals surface area contributed by atoms with E-state index < -0.39 is 0 Å². The van der Waals surface area contributed by atoms with Gasteiger partial charge in [-0.2, -0.15) is 0 Å². The average molecular weight is 200 g/mol. The molecule has 0 saturated carbocycles. The van der Waals surface area contributed by atoms with Gasteiger partial charge >= 0.3 is 0 Å². The second-order valence-electron chi connectivity index (χ2n) is 3.75. The third-order valence-electron chi connectivity index (χ3n) is 2.30. The number of carbonyl (C=O) groups is 1. The van der Waals surface area contributed by atoms with E-state index in [-0.39, 0.29) is 11.9 Å². The van der Waals surface area contributed by atoms with Gasteiger partial charge in [-0.15, -0.1) is 0 Å². The number of amides is 1. The monoisotopic (exact) mass is 200 g/mol. The molecule has 3 heteroatoms. The molecule has 1 atom stereocenters. The van der Waals surface area contributed by atoms with Gasteiger partial charge < -0.3 is 10.6 Å². The summed E-state index contributed by atoms with van der Waals surface area (Å²) in [6, 6.07) is 0.0266. The SMILES string of the molecule is CCCN(CCC)C(=O)CC(N)CC. The highest BCUT2D eigenvalue weighted by Gasteiger charge is 2.14. The molecule has 0 radical (unpaired) electrons. The van der Waals surface area contributed by atoms with Crippen LogP contribution >= 0.6 is 0 Å². The number of hydrogen-bond donors (Lipinski definition) is 1. The Morgan fingerprint density at radius 3 is 2.07 bits per heavy atom. The van der Waals surface area contributed by atoms with Gasteiger partial charge in [-0.3, -0.25) is 4.79 Å². The van der Waals surface area contributed by atoms with Gasteiger partial charge in [-0.05, 0) is 19.3 Å². The molecule has 14 heavy (non-hydrogen) atoms. The minimum absolute atomic E-state index is 0.0266. The summed E-state index contributed by atoms with van der Waals surface area (Å²) in [4.78, 5) is 13.7. The Morgan fingerprint density at radius 1 is 1.21 bits per heavy atom. The van der Waals surface area contributed by atoms with Crippen LogP contribution in [0.5, 0.6) is 0 Å². The van der Waals surface area contributed by atoms with E-state index in [2.05, 4.69) is 13.8 Å². The lowest BCUT2D eigenvalue weighted by atomic mass is 10.1. The number of carbonyl (C=O) groups excluding carboxylic acids is 1. The van der Waals surface area contributed by atoms with E-state index >= 15 is 0 Å². The van der Waals surface area contributed by atoms with Crippen LogP contribution in [0.3, 0.4) is 0 Å². The van der Waals surface area contributed by atoms with Crippen LogP contribution in [0.25, 0.3) is 0 Å². The van der Waals surface area contributed by atoms with Crippen LogP contribution in [-0.2, 0) is 4.79 Å². The Kier molecular flexibility index (Phi) is 7.48. The largest absolute Gasteiger partial charge is 0.343 e. The Labute approximate surface area is 87.6 Å². The van der Waals surface area contributed by atoms with Crippen LogP contribution in [0.1, 0.15) is 46.5 Å². The van der Waals surface area contributed by atoms with Gasteiger partial charge in [0, 0.05) is 25.6 Å². The van der Waals surface area contributed by atoms with Gasteiger partial charge in [0.05, 0.1) is 0 Å². The van der Waals surface area contributed by atoms with Gasteiger partial charge in [-0.1, -0.05) is 20.8 Å². The molecule has 1 unspecified atom stereocenters. The summed E-state index contributed by atoms with van der Waals surface area (Å²) in [5.41, 5.74) is 5.76. The molecule has 0 aromatic carbocycles. The normalized spacial score (nSPS) is 12.6. The van der Waals surface area contributed by atoms with Gasteiger partial charge in [0.15, 0.2) is 0 Å². The van der Waals surface area contributed by atoms with Crippen LogP contribution in [0.2, 0.25) is 0 Å². The maximum atomic E-state index is 11.7. The summed E-state index contributed by atoms with van der Waals surface area (Å²) in [6.07, 6.45) is 3.41. The van der Waals surface area contributed by atoms with Crippen molar-refractivity contribution in [3.63, 3.8) is 0 Å². The van der Waals surface area contributed by atoms with Crippen molar-refractivity contribution in [1.29, 1.82) is 0 Å². The van der Waals surface area contributed by atoms with E-state index in [1.54, 1.807) is 0 Å². The third kappa shape index (κ3) is 5.22. The highest BCUT2D eigenvalue weighted by Crippen LogP contribution is 2.02. The quantitative estimate of drug-likeness (QED) is 0.680. The van der Waals surface area contributed by atoms with Crippen molar-refractivity contribution in [2.45, 2.75) is 52.5 Å². The maximum absolute atomic E-state index is 11.7. The van der Waals surface area contributed by atoms with Crippen molar-refractivity contribution >= 4 is 5.91 Å². The number of nitrogens with zero attached hydrogens (tertiary/aromatic N) is 1. The minimum Gasteiger partial charge on any atom is -0.343 e. The van der Waals surface area contributed by atoms with E-state index in [0.717, 1.165) is 32.4 Å². The fraction of sp³-hybridized carbons (Fsp3) is 0.909. The van der Waals surface area contributed by atoms with Gasteiger partial charge in [-0.25, -0.2) is 0 Å². The van der Waals surface area contributed by atoms with Crippen LogP contribution in [-0.4, -0.2) is 29.9 Å². The first-order valence-electron chi connectivity index (χ1n) is 5.68. The smallest absolute Gasteiger partial charge is 0.224 e. The Bertz CT molecular complexity index is 153. The Morgan fingerprint density at radius 2 is 1.71 bits per heavy atom. The summed E-state index contributed by atoms with van der Waals surface area (Å²) in [6.45, 7) is 7.93. The molecule has 0 aliphatic heterocycles. The molecular weight excluding hydrogens is 176 g/mol. The molecule has 0 aliphatic rings. The molecular formula is C11H24N2O. The standard InChI is InChI=1S/C11H24N2O/c1-4-7-13(8-5-2)11(14)9-10(12)6-3/h10H,4-9,12H2,1-3H3. The van der Waals surface area contributed by atoms with Crippen molar-refractivity contribution < 1.29 is 4.79 Å². The first-order chi connectivity index (χ1) is 6.65. The second-order valence-corrected chi connectivity index (χ2v) is 3.75. The van der Waals surface area contributed by atoms with E-state index in [1.807, 2.05) is 11.8 Å². The van der Waals surface area contributed by atoms with Crippen molar-refractivity contribution in [1.82, 2.24) is 4.90 Å². The van der Waals surface area contributed by atoms with Gasteiger partial charge in [0.1, 0.15) is 0 Å². The van der Waals surface area contributed by atoms with Crippen LogP contribution in [0.4, 0.5) is 0 Å². The van der Waals surface area contributed by atoms with Crippen molar-refractivity contribution in [2.24, 2.45) is 5.73 Å². The molecule has 0 heterocycles. The molecule has 2 N–H and O–H groups in total. The fourth-order valence-electron chi connectivity index (χ4n) is 1.40. The predicted octanol–water partition coefficient (Wildman–Crippen LogP) is 1.76. The lowest BCUT2D eigenvalue weighted by Gasteiger charge is -2.22. The molecule has 0 fully saturated rings. The third-order valence-corrected chi connectivity index (χ3v) is 2.30. The Balaban J connectivity index is 4.00. The van der Waals surface area contributed by atoms with E-state index in [9.17, 15) is 4.79 Å². The number of rotatable bonds is 7. The van der Waals surface area contributed by atoms with Gasteiger partial charge in [0.25, 0.3) is 0 Å². The zero-order valence-electron chi connectivity index (χ0n) is 9.75. The highest BCUT2D eigenvalue weighted by molar-refractivity contribution is 5.76. The average Bonchev–Trinajstić information content (AvgIpc) is 2.17. The van der Waals surface area contributed by atoms with E-state index in [4.69, 9.17) is 5.73 Å². The van der Waals surface area contributed by atoms with E-state index in [1.165, 1.54) is 0 Å². The predicted molar refractivity (Wildman–Crippen MR) is 60.0 cm³/mol. The van der Waals surface area contributed by atoms with Crippen LogP contribution in [0, 0.1) is 0 Å². The molecule has 0 aromatic rings. The van der Waals surface area contributed by atoms with Crippen molar-refractivity contribution in [2.75, 3.05) is 13.1 Å². The number of nitrogens with two attached hydrogens (primary N) is 1. The fourth-order valence-corrected chi connectivity index (χ4v) is 1.40. The zero-order chi connectivity index (χ0) is 11.0. The summed E-state index contributed by atoms with van der Waals surface area (Å²) < 4.78 is 0. The molecule has 1 amide bonds. The molecule has 0 rings (SSSR count). The van der Waals surface area contributed by atoms with Crippen LogP contribution in [0.15, 0.2) is 0 Å². The summed E-state index contributed by atoms with van der Waals surface area (Å²) in [5.74, 6) is 0.211. The molecule has 0 aromatic heterocycles. The van der Waals surface area contributed by atoms with Crippen molar-refractivity contribution in [3.8, 4) is 0 Å². The highest BCUT2D eigenvalue weighted by atomic mass is 16.2. The summed E-state index contributed by atoms with van der Waals surface area (Å²) >= 11 is 0. The zero-order valence-corrected chi connectivity index (χ0v) is 9.75. The Hall–Kier alpha value is -0.570. The molecule has 0 saturated heterocycles. The maximum Gasteiger partial charge on any atom is 0.224 e. The molecule has 0 spiro atoms. The minimum atomic E-state index is 0.0266. The summed E-state index contributed by atoms with van der Waals surface area (Å²) in [7, 11) is 0. The van der Waals surface area contributed by atoms with Gasteiger partial charge in [0.2, 0.25) is 5.91 Å². The lowest BCUT2D eigenvalue weighted by Crippen LogP contribution is -2.36. The molecule has 84 valence electrons. The first kappa shape index (κ1) is 13.4.